The largest absolute Gasteiger partial charge is 0.508 e. The molecule has 16 heavy (non-hydrogen) atoms. The number of hydrogen-bond donors (Lipinski definition) is 2. The van der Waals surface area contributed by atoms with Crippen LogP contribution in [0.1, 0.15) is 12.5 Å². The van der Waals surface area contributed by atoms with Gasteiger partial charge in [-0.15, -0.1) is 0 Å². The van der Waals surface area contributed by atoms with Gasteiger partial charge in [-0.1, -0.05) is 6.07 Å². The van der Waals surface area contributed by atoms with E-state index in [-0.39, 0.29) is 12.2 Å². The first-order valence-electron chi connectivity index (χ1n) is 4.79. The molecule has 0 fully saturated rings. The first-order valence-corrected chi connectivity index (χ1v) is 4.79. The summed E-state index contributed by atoms with van der Waals surface area (Å²) in [7, 11) is 1.46. The van der Waals surface area contributed by atoms with E-state index in [1.165, 1.54) is 26.2 Å². The second-order valence-corrected chi connectivity index (χ2v) is 3.98. The fraction of sp³-hybridized carbons (Fsp3) is 0.455. The highest BCUT2D eigenvalue weighted by atomic mass is 19.3. The summed E-state index contributed by atoms with van der Waals surface area (Å²) in [4.78, 5) is 0. The predicted molar refractivity (Wildman–Crippen MR) is 57.0 cm³/mol. The number of hydrogen-bond acceptors (Lipinski definition) is 3. The summed E-state index contributed by atoms with van der Waals surface area (Å²) in [5.74, 6) is 0.383. The Morgan fingerprint density at radius 1 is 1.50 bits per heavy atom. The second-order valence-electron chi connectivity index (χ2n) is 3.98. The van der Waals surface area contributed by atoms with E-state index in [2.05, 4.69) is 0 Å². The lowest BCUT2D eigenvalue weighted by molar-refractivity contribution is 0.0636. The Hall–Kier alpha value is -1.36. The highest BCUT2D eigenvalue weighted by Crippen LogP contribution is 2.27. The minimum absolute atomic E-state index is 0.0864. The third-order valence-electron chi connectivity index (χ3n) is 2.36. The maximum atomic E-state index is 12.5. The molecule has 0 amide bonds. The molecule has 1 atom stereocenters. The quantitative estimate of drug-likeness (QED) is 0.832. The summed E-state index contributed by atoms with van der Waals surface area (Å²) in [5, 5.41) is 9.59. The van der Waals surface area contributed by atoms with Gasteiger partial charge in [-0.3, -0.25) is 0 Å². The van der Waals surface area contributed by atoms with E-state index in [1.807, 2.05) is 0 Å². The molecule has 0 heterocycles. The molecule has 0 bridgehead atoms. The molecule has 90 valence electrons. The molecule has 0 spiro atoms. The first-order chi connectivity index (χ1) is 7.36. The van der Waals surface area contributed by atoms with Crippen LogP contribution >= 0.6 is 0 Å². The predicted octanol–water partition coefficient (Wildman–Crippen LogP) is 1.93. The van der Waals surface area contributed by atoms with E-state index in [0.717, 1.165) is 0 Å². The maximum Gasteiger partial charge on any atom is 0.256 e. The Labute approximate surface area is 92.8 Å². The van der Waals surface area contributed by atoms with Crippen molar-refractivity contribution in [3.8, 4) is 11.5 Å². The fourth-order valence-corrected chi connectivity index (χ4v) is 1.31. The molecule has 0 aromatic heterocycles. The zero-order valence-electron chi connectivity index (χ0n) is 9.21. The van der Waals surface area contributed by atoms with Gasteiger partial charge in [0.15, 0.2) is 0 Å². The normalized spacial score (nSPS) is 14.9. The van der Waals surface area contributed by atoms with E-state index in [4.69, 9.17) is 10.5 Å². The number of halogens is 2. The number of alkyl halides is 2. The summed E-state index contributed by atoms with van der Waals surface area (Å²) in [6.45, 7) is 1.25. The minimum atomic E-state index is -2.64. The summed E-state index contributed by atoms with van der Waals surface area (Å²) in [5.41, 5.74) is 4.17. The Morgan fingerprint density at radius 3 is 2.56 bits per heavy atom. The van der Waals surface area contributed by atoms with Crippen LogP contribution in [0.25, 0.3) is 0 Å². The number of phenols is 1. The van der Waals surface area contributed by atoms with Crippen molar-refractivity contribution in [3.05, 3.63) is 23.8 Å². The number of methoxy groups -OCH3 is 1. The molecule has 0 aliphatic rings. The van der Waals surface area contributed by atoms with Gasteiger partial charge in [-0.25, -0.2) is 8.78 Å². The van der Waals surface area contributed by atoms with Crippen LogP contribution in [-0.2, 0) is 6.42 Å². The highest BCUT2D eigenvalue weighted by Gasteiger charge is 2.31. The van der Waals surface area contributed by atoms with Gasteiger partial charge in [0.2, 0.25) is 0 Å². The van der Waals surface area contributed by atoms with Crippen molar-refractivity contribution in [1.29, 1.82) is 0 Å². The van der Waals surface area contributed by atoms with Crippen LogP contribution in [0.5, 0.6) is 11.5 Å². The average molecular weight is 231 g/mol. The Bertz CT molecular complexity index is 367. The lowest BCUT2D eigenvalue weighted by Crippen LogP contribution is -2.45. The summed E-state index contributed by atoms with van der Waals surface area (Å²) in [6.07, 6.45) is -2.74. The van der Waals surface area contributed by atoms with Gasteiger partial charge in [0.05, 0.1) is 12.6 Å². The van der Waals surface area contributed by atoms with E-state index in [0.29, 0.717) is 11.3 Å². The number of aromatic hydroxyl groups is 1. The first kappa shape index (κ1) is 12.7. The SMILES string of the molecule is COc1ccc(CC(C)(N)C(F)F)c(O)c1. The Morgan fingerprint density at radius 2 is 2.12 bits per heavy atom. The van der Waals surface area contributed by atoms with Crippen molar-refractivity contribution < 1.29 is 18.6 Å². The van der Waals surface area contributed by atoms with Gasteiger partial charge in [0.1, 0.15) is 11.5 Å². The van der Waals surface area contributed by atoms with E-state index < -0.39 is 12.0 Å². The molecule has 0 aliphatic carbocycles. The van der Waals surface area contributed by atoms with Gasteiger partial charge < -0.3 is 15.6 Å². The van der Waals surface area contributed by atoms with Crippen molar-refractivity contribution in [1.82, 2.24) is 0 Å². The van der Waals surface area contributed by atoms with Crippen LogP contribution in [0.15, 0.2) is 18.2 Å². The third kappa shape index (κ3) is 2.82. The van der Waals surface area contributed by atoms with Gasteiger partial charge >= 0.3 is 0 Å². The molecular formula is C11H15F2NO2. The Balaban J connectivity index is 2.90. The van der Waals surface area contributed by atoms with Gasteiger partial charge in [-0.05, 0) is 25.0 Å². The smallest absolute Gasteiger partial charge is 0.256 e. The van der Waals surface area contributed by atoms with Crippen molar-refractivity contribution >= 4 is 0 Å². The molecule has 0 saturated carbocycles. The van der Waals surface area contributed by atoms with Crippen LogP contribution in [0.2, 0.25) is 0 Å². The molecule has 1 aromatic carbocycles. The van der Waals surface area contributed by atoms with Crippen LogP contribution in [-0.4, -0.2) is 24.2 Å². The fourth-order valence-electron chi connectivity index (χ4n) is 1.31. The topological polar surface area (TPSA) is 55.5 Å². The van der Waals surface area contributed by atoms with Crippen molar-refractivity contribution in [2.75, 3.05) is 7.11 Å². The standard InChI is InChI=1S/C11H15F2NO2/c1-11(14,10(12)13)6-7-3-4-8(16-2)5-9(7)15/h3-5,10,15H,6,14H2,1-2H3. The molecular weight excluding hydrogens is 216 g/mol. The molecule has 3 nitrogen and oxygen atoms in total. The number of ether oxygens (including phenoxy) is 1. The molecule has 5 heteroatoms. The zero-order chi connectivity index (χ0) is 12.3. The molecule has 1 unspecified atom stereocenters. The summed E-state index contributed by atoms with van der Waals surface area (Å²) < 4.78 is 30.0. The van der Waals surface area contributed by atoms with Crippen LogP contribution in [0, 0.1) is 0 Å². The monoisotopic (exact) mass is 231 g/mol. The van der Waals surface area contributed by atoms with Crippen molar-refractivity contribution in [2.24, 2.45) is 5.73 Å². The molecule has 0 aliphatic heterocycles. The molecule has 1 rings (SSSR count). The van der Waals surface area contributed by atoms with Gasteiger partial charge in [0, 0.05) is 6.07 Å². The number of nitrogens with two attached hydrogens (primary N) is 1. The molecule has 0 radical (unpaired) electrons. The number of phenolic OH excluding ortho intramolecular Hbond substituents is 1. The van der Waals surface area contributed by atoms with Crippen molar-refractivity contribution in [3.63, 3.8) is 0 Å². The lowest BCUT2D eigenvalue weighted by atomic mass is 9.94. The minimum Gasteiger partial charge on any atom is -0.508 e. The highest BCUT2D eigenvalue weighted by molar-refractivity contribution is 5.40. The third-order valence-corrected chi connectivity index (χ3v) is 2.36. The van der Waals surface area contributed by atoms with Gasteiger partial charge in [0.25, 0.3) is 6.43 Å². The van der Waals surface area contributed by atoms with E-state index in [9.17, 15) is 13.9 Å². The summed E-state index contributed by atoms with van der Waals surface area (Å²) in [6, 6.07) is 4.50. The van der Waals surface area contributed by atoms with Crippen LogP contribution in [0.4, 0.5) is 8.78 Å². The number of rotatable bonds is 4. The molecule has 0 saturated heterocycles. The lowest BCUT2D eigenvalue weighted by Gasteiger charge is -2.23. The molecule has 3 N–H and O–H groups in total. The van der Waals surface area contributed by atoms with Crippen LogP contribution in [0.3, 0.4) is 0 Å². The van der Waals surface area contributed by atoms with Gasteiger partial charge in [-0.2, -0.15) is 0 Å². The van der Waals surface area contributed by atoms with Crippen molar-refractivity contribution in [2.45, 2.75) is 25.3 Å². The zero-order valence-corrected chi connectivity index (χ0v) is 9.21. The molecule has 1 aromatic rings. The number of benzene rings is 1. The van der Waals surface area contributed by atoms with E-state index in [1.54, 1.807) is 6.07 Å². The Kier molecular flexibility index (Phi) is 3.70. The van der Waals surface area contributed by atoms with Crippen LogP contribution < -0.4 is 10.5 Å². The summed E-state index contributed by atoms with van der Waals surface area (Å²) >= 11 is 0. The second kappa shape index (κ2) is 4.65. The van der Waals surface area contributed by atoms with E-state index >= 15 is 0 Å². The maximum absolute atomic E-state index is 12.5. The average Bonchev–Trinajstić information content (AvgIpc) is 2.20.